The molecule has 3 aromatic rings. The Bertz CT molecular complexity index is 1170. The monoisotopic (exact) mass is 444 g/mol. The highest BCUT2D eigenvalue weighted by molar-refractivity contribution is 5.95. The molecule has 0 saturated heterocycles. The number of ketones is 1. The molecular formula is C21H19F3N6O2. The number of alkyl halides is 3. The Morgan fingerprint density at radius 1 is 1.25 bits per heavy atom. The molecule has 166 valence electrons. The SMILES string of the molecule is CC1(c2cccc(CC(=O)c3cnc(-n4ccc(C(F)(F)F)n4)cn3)c2)COCC(N)=N1. The van der Waals surface area contributed by atoms with E-state index >= 15 is 0 Å². The average Bonchev–Trinajstić information content (AvgIpc) is 3.25. The number of halogens is 3. The zero-order valence-electron chi connectivity index (χ0n) is 17.0. The van der Waals surface area contributed by atoms with E-state index in [1.165, 1.54) is 12.4 Å². The zero-order chi connectivity index (χ0) is 22.9. The number of Topliss-reactive ketones (excluding diaryl/α,β-unsaturated/α-hetero) is 1. The van der Waals surface area contributed by atoms with Crippen molar-refractivity contribution in [2.45, 2.75) is 25.1 Å². The summed E-state index contributed by atoms with van der Waals surface area (Å²) in [5.41, 5.74) is 5.85. The Morgan fingerprint density at radius 3 is 2.72 bits per heavy atom. The Labute approximate surface area is 181 Å². The summed E-state index contributed by atoms with van der Waals surface area (Å²) in [6, 6.07) is 8.24. The lowest BCUT2D eigenvalue weighted by molar-refractivity contribution is -0.141. The topological polar surface area (TPSA) is 108 Å². The van der Waals surface area contributed by atoms with Crippen LogP contribution in [0.2, 0.25) is 0 Å². The van der Waals surface area contributed by atoms with E-state index in [1.807, 2.05) is 31.2 Å². The fourth-order valence-electron chi connectivity index (χ4n) is 3.36. The van der Waals surface area contributed by atoms with Gasteiger partial charge in [-0.1, -0.05) is 24.3 Å². The third-order valence-corrected chi connectivity index (χ3v) is 4.98. The molecule has 0 radical (unpaired) electrons. The summed E-state index contributed by atoms with van der Waals surface area (Å²) in [4.78, 5) is 25.2. The number of ether oxygens (including phenoxy) is 1. The van der Waals surface area contributed by atoms with Crippen LogP contribution in [0.5, 0.6) is 0 Å². The summed E-state index contributed by atoms with van der Waals surface area (Å²) in [6.07, 6.45) is -0.934. The number of carbonyl (C=O) groups is 1. The number of aliphatic imine (C=N–C) groups is 1. The molecule has 1 aliphatic heterocycles. The third-order valence-electron chi connectivity index (χ3n) is 4.98. The second-order valence-corrected chi connectivity index (χ2v) is 7.57. The van der Waals surface area contributed by atoms with Gasteiger partial charge in [0.15, 0.2) is 17.3 Å². The Balaban J connectivity index is 1.49. The highest BCUT2D eigenvalue weighted by atomic mass is 19.4. The van der Waals surface area contributed by atoms with E-state index < -0.39 is 17.4 Å². The van der Waals surface area contributed by atoms with Gasteiger partial charge < -0.3 is 10.5 Å². The summed E-state index contributed by atoms with van der Waals surface area (Å²) < 4.78 is 44.6. The number of hydrogen-bond donors (Lipinski definition) is 1. The summed E-state index contributed by atoms with van der Waals surface area (Å²) in [6.45, 7) is 2.57. The largest absolute Gasteiger partial charge is 0.435 e. The van der Waals surface area contributed by atoms with Gasteiger partial charge in [-0.25, -0.2) is 14.6 Å². The quantitative estimate of drug-likeness (QED) is 0.607. The number of nitrogens with zero attached hydrogens (tertiary/aromatic N) is 5. The van der Waals surface area contributed by atoms with E-state index in [0.717, 1.165) is 28.1 Å². The van der Waals surface area contributed by atoms with Crippen molar-refractivity contribution in [1.82, 2.24) is 19.7 Å². The van der Waals surface area contributed by atoms with Crippen molar-refractivity contribution in [3.63, 3.8) is 0 Å². The van der Waals surface area contributed by atoms with Crippen LogP contribution in [0.15, 0.2) is 53.9 Å². The Hall–Kier alpha value is -3.60. The van der Waals surface area contributed by atoms with Crippen molar-refractivity contribution >= 4 is 11.6 Å². The van der Waals surface area contributed by atoms with E-state index in [9.17, 15) is 18.0 Å². The molecule has 0 aliphatic carbocycles. The molecule has 11 heteroatoms. The van der Waals surface area contributed by atoms with Crippen LogP contribution >= 0.6 is 0 Å². The molecule has 0 fully saturated rings. The molecule has 2 N–H and O–H groups in total. The van der Waals surface area contributed by atoms with Crippen molar-refractivity contribution in [2.75, 3.05) is 13.2 Å². The highest BCUT2D eigenvalue weighted by Crippen LogP contribution is 2.29. The summed E-state index contributed by atoms with van der Waals surface area (Å²) in [7, 11) is 0. The summed E-state index contributed by atoms with van der Waals surface area (Å²) >= 11 is 0. The number of hydrogen-bond acceptors (Lipinski definition) is 7. The molecule has 1 aliphatic rings. The van der Waals surface area contributed by atoms with E-state index in [0.29, 0.717) is 19.0 Å². The van der Waals surface area contributed by atoms with Crippen LogP contribution in [0.3, 0.4) is 0 Å². The first-order valence-corrected chi connectivity index (χ1v) is 9.64. The van der Waals surface area contributed by atoms with Crippen molar-refractivity contribution in [3.8, 4) is 5.82 Å². The lowest BCUT2D eigenvalue weighted by atomic mass is 9.90. The standard InChI is InChI=1S/C21H19F3N6O2/c1-20(12-32-11-18(25)28-20)14-4-2-3-13(7-14)8-16(31)15-9-27-19(10-26-15)30-6-5-17(29-30)21(22,23)24/h2-7,9-10H,8,11-12H2,1H3,(H2,25,28). The zero-order valence-corrected chi connectivity index (χ0v) is 17.0. The van der Waals surface area contributed by atoms with Crippen LogP contribution < -0.4 is 5.73 Å². The molecule has 32 heavy (non-hydrogen) atoms. The van der Waals surface area contributed by atoms with Crippen LogP contribution in [0, 0.1) is 0 Å². The fourth-order valence-corrected chi connectivity index (χ4v) is 3.36. The van der Waals surface area contributed by atoms with Gasteiger partial charge in [0.2, 0.25) is 0 Å². The smallest absolute Gasteiger partial charge is 0.386 e. The number of benzene rings is 1. The predicted molar refractivity (Wildman–Crippen MR) is 108 cm³/mol. The normalized spacial score (nSPS) is 18.9. The maximum atomic E-state index is 12.7. The predicted octanol–water partition coefficient (Wildman–Crippen LogP) is 2.71. The van der Waals surface area contributed by atoms with Gasteiger partial charge in [0.05, 0.1) is 19.0 Å². The van der Waals surface area contributed by atoms with Crippen molar-refractivity contribution < 1.29 is 22.7 Å². The van der Waals surface area contributed by atoms with Gasteiger partial charge in [-0.15, -0.1) is 0 Å². The molecule has 1 unspecified atom stereocenters. The minimum Gasteiger partial charge on any atom is -0.386 e. The lowest BCUT2D eigenvalue weighted by Crippen LogP contribution is -2.37. The Morgan fingerprint density at radius 2 is 2.06 bits per heavy atom. The van der Waals surface area contributed by atoms with Crippen LogP contribution in [0.25, 0.3) is 5.82 Å². The number of rotatable bonds is 5. The molecule has 8 nitrogen and oxygen atoms in total. The second kappa shape index (κ2) is 8.15. The van der Waals surface area contributed by atoms with Crippen molar-refractivity contribution in [2.24, 2.45) is 10.7 Å². The van der Waals surface area contributed by atoms with Crippen molar-refractivity contribution in [3.05, 3.63) is 71.4 Å². The molecule has 1 aromatic carbocycles. The van der Waals surface area contributed by atoms with Gasteiger partial charge in [0, 0.05) is 12.6 Å². The molecule has 0 bridgehead atoms. The first kappa shape index (κ1) is 21.6. The lowest BCUT2D eigenvalue weighted by Gasteiger charge is -2.30. The molecule has 4 rings (SSSR count). The van der Waals surface area contributed by atoms with E-state index in [1.54, 1.807) is 0 Å². The maximum Gasteiger partial charge on any atom is 0.435 e. The average molecular weight is 444 g/mol. The molecule has 2 aromatic heterocycles. The summed E-state index contributed by atoms with van der Waals surface area (Å²) in [5, 5.41) is 3.43. The number of amidine groups is 1. The maximum absolute atomic E-state index is 12.7. The second-order valence-electron chi connectivity index (χ2n) is 7.57. The number of carbonyl (C=O) groups excluding carboxylic acids is 1. The Kier molecular flexibility index (Phi) is 5.51. The minimum absolute atomic E-state index is 0.0675. The fraction of sp³-hybridized carbons (Fsp3) is 0.286. The van der Waals surface area contributed by atoms with Crippen LogP contribution in [-0.4, -0.2) is 44.6 Å². The van der Waals surface area contributed by atoms with Gasteiger partial charge in [0.25, 0.3) is 0 Å². The first-order valence-electron chi connectivity index (χ1n) is 9.64. The molecule has 3 heterocycles. The first-order chi connectivity index (χ1) is 15.1. The van der Waals surface area contributed by atoms with Crippen molar-refractivity contribution in [1.29, 1.82) is 0 Å². The van der Waals surface area contributed by atoms with Crippen LogP contribution in [0.4, 0.5) is 13.2 Å². The van der Waals surface area contributed by atoms with Gasteiger partial charge in [-0.2, -0.15) is 18.3 Å². The molecule has 0 spiro atoms. The van der Waals surface area contributed by atoms with Gasteiger partial charge in [-0.05, 0) is 24.1 Å². The van der Waals surface area contributed by atoms with E-state index in [4.69, 9.17) is 10.5 Å². The van der Waals surface area contributed by atoms with Gasteiger partial charge >= 0.3 is 6.18 Å². The molecule has 0 saturated carbocycles. The molecule has 1 atom stereocenters. The number of nitrogens with two attached hydrogens (primary N) is 1. The van der Waals surface area contributed by atoms with Gasteiger partial charge in [-0.3, -0.25) is 9.79 Å². The summed E-state index contributed by atoms with van der Waals surface area (Å²) in [5.74, 6) is 0.195. The van der Waals surface area contributed by atoms with E-state index in [2.05, 4.69) is 20.1 Å². The van der Waals surface area contributed by atoms with Gasteiger partial charge in [0.1, 0.15) is 23.7 Å². The molecular weight excluding hydrogens is 425 g/mol. The third kappa shape index (κ3) is 4.52. The minimum atomic E-state index is -4.55. The van der Waals surface area contributed by atoms with Crippen LogP contribution in [-0.2, 0) is 22.9 Å². The highest BCUT2D eigenvalue weighted by Gasteiger charge is 2.34. The van der Waals surface area contributed by atoms with E-state index in [-0.39, 0.29) is 23.7 Å². The van der Waals surface area contributed by atoms with Crippen LogP contribution in [0.1, 0.15) is 34.2 Å². The number of aromatic nitrogens is 4. The molecule has 0 amide bonds.